The van der Waals surface area contributed by atoms with Gasteiger partial charge in [-0.2, -0.15) is 0 Å². The lowest BCUT2D eigenvalue weighted by atomic mass is 9.87. The second kappa shape index (κ2) is 7.88. The van der Waals surface area contributed by atoms with Gasteiger partial charge in [-0.25, -0.2) is 9.78 Å². The van der Waals surface area contributed by atoms with Gasteiger partial charge in [0.15, 0.2) is 0 Å². The van der Waals surface area contributed by atoms with Crippen molar-refractivity contribution in [2.45, 2.75) is 65.5 Å². The van der Waals surface area contributed by atoms with Gasteiger partial charge < -0.3 is 15.0 Å². The van der Waals surface area contributed by atoms with Gasteiger partial charge in [0, 0.05) is 6.04 Å². The van der Waals surface area contributed by atoms with Gasteiger partial charge in [-0.3, -0.25) is 4.79 Å². The fourth-order valence-corrected chi connectivity index (χ4v) is 4.70. The Bertz CT molecular complexity index is 850. The van der Waals surface area contributed by atoms with E-state index in [1.165, 1.54) is 24.2 Å². The summed E-state index contributed by atoms with van der Waals surface area (Å²) in [5.74, 6) is 1.03. The van der Waals surface area contributed by atoms with Gasteiger partial charge in [0.1, 0.15) is 15.5 Å². The van der Waals surface area contributed by atoms with Crippen LogP contribution in [0.5, 0.6) is 0 Å². The number of thiophene rings is 1. The highest BCUT2D eigenvalue weighted by molar-refractivity contribution is 7.20. The number of hydrogen-bond donors (Lipinski definition) is 2. The largest absolute Gasteiger partial charge is 0.462 e. The SMILES string of the molecule is CCOC(=O)c1sc2nc([C@H](C)NC3CCC(C)CC3)[nH]c(=O)c2c1C. The highest BCUT2D eigenvalue weighted by atomic mass is 32.1. The minimum atomic E-state index is -0.392. The Kier molecular flexibility index (Phi) is 5.77. The summed E-state index contributed by atoms with van der Waals surface area (Å²) >= 11 is 1.23. The number of carbonyl (C=O) groups is 1. The molecule has 2 aromatic heterocycles. The van der Waals surface area contributed by atoms with Crippen molar-refractivity contribution in [3.05, 3.63) is 26.6 Å². The molecule has 0 aliphatic heterocycles. The Labute approximate surface area is 157 Å². The molecule has 2 N–H and O–H groups in total. The van der Waals surface area contributed by atoms with Gasteiger partial charge in [0.2, 0.25) is 0 Å². The number of carbonyl (C=O) groups excluding carboxylic acids is 1. The Morgan fingerprint density at radius 1 is 1.38 bits per heavy atom. The van der Waals surface area contributed by atoms with Crippen LogP contribution in [0.4, 0.5) is 0 Å². The summed E-state index contributed by atoms with van der Waals surface area (Å²) in [4.78, 5) is 33.3. The maximum atomic E-state index is 12.6. The van der Waals surface area contributed by atoms with Gasteiger partial charge in [-0.1, -0.05) is 6.92 Å². The number of ether oxygens (including phenoxy) is 1. The quantitative estimate of drug-likeness (QED) is 0.776. The van der Waals surface area contributed by atoms with Gasteiger partial charge in [0.25, 0.3) is 5.56 Å². The standard InChI is InChI=1S/C19H27N3O3S/c1-5-25-19(24)15-11(3)14-17(23)21-16(22-18(14)26-15)12(4)20-13-8-6-10(2)7-9-13/h10,12-13,20H,5-9H2,1-4H3,(H,21,22,23)/t10?,12-,13?/m0/s1. The number of aryl methyl sites for hydroxylation is 1. The van der Waals surface area contributed by atoms with Crippen molar-refractivity contribution in [3.63, 3.8) is 0 Å². The first-order valence-electron chi connectivity index (χ1n) is 9.37. The third kappa shape index (κ3) is 3.83. The summed E-state index contributed by atoms with van der Waals surface area (Å²) < 4.78 is 5.08. The van der Waals surface area contributed by atoms with Crippen LogP contribution < -0.4 is 10.9 Å². The highest BCUT2D eigenvalue weighted by Crippen LogP contribution is 2.29. The maximum absolute atomic E-state index is 12.6. The van der Waals surface area contributed by atoms with Crippen molar-refractivity contribution < 1.29 is 9.53 Å². The van der Waals surface area contributed by atoms with E-state index in [9.17, 15) is 9.59 Å². The predicted octanol–water partition coefficient (Wildman–Crippen LogP) is 3.70. The van der Waals surface area contributed by atoms with E-state index in [1.807, 2.05) is 6.92 Å². The van der Waals surface area contributed by atoms with Gasteiger partial charge in [-0.15, -0.1) is 11.3 Å². The van der Waals surface area contributed by atoms with Crippen LogP contribution in [-0.2, 0) is 4.74 Å². The van der Waals surface area contributed by atoms with E-state index in [2.05, 4.69) is 22.2 Å². The highest BCUT2D eigenvalue weighted by Gasteiger charge is 2.23. The number of H-pyrrole nitrogens is 1. The summed E-state index contributed by atoms with van der Waals surface area (Å²) in [5.41, 5.74) is 0.450. The number of aromatic nitrogens is 2. The number of rotatable bonds is 5. The molecular weight excluding hydrogens is 350 g/mol. The van der Waals surface area contributed by atoms with Gasteiger partial charge >= 0.3 is 5.97 Å². The summed E-state index contributed by atoms with van der Waals surface area (Å²) in [6.07, 6.45) is 4.78. The Morgan fingerprint density at radius 2 is 2.08 bits per heavy atom. The van der Waals surface area contributed by atoms with Crippen molar-refractivity contribution in [1.82, 2.24) is 15.3 Å². The molecule has 0 unspecified atom stereocenters. The minimum Gasteiger partial charge on any atom is -0.462 e. The molecule has 0 aromatic carbocycles. The number of hydrogen-bond acceptors (Lipinski definition) is 6. The van der Waals surface area contributed by atoms with Crippen LogP contribution in [0.1, 0.15) is 73.6 Å². The first kappa shape index (κ1) is 19.0. The van der Waals surface area contributed by atoms with Crippen molar-refractivity contribution >= 4 is 27.5 Å². The molecular formula is C19H27N3O3S. The molecule has 1 atom stereocenters. The molecule has 142 valence electrons. The maximum Gasteiger partial charge on any atom is 0.348 e. The molecule has 0 spiro atoms. The summed E-state index contributed by atoms with van der Waals surface area (Å²) in [7, 11) is 0. The summed E-state index contributed by atoms with van der Waals surface area (Å²) in [6.45, 7) is 8.17. The molecule has 0 bridgehead atoms. The fourth-order valence-electron chi connectivity index (χ4n) is 3.62. The lowest BCUT2D eigenvalue weighted by molar-refractivity contribution is 0.0531. The Morgan fingerprint density at radius 3 is 2.73 bits per heavy atom. The number of nitrogens with zero attached hydrogens (tertiary/aromatic N) is 1. The molecule has 1 fully saturated rings. The smallest absolute Gasteiger partial charge is 0.348 e. The first-order valence-corrected chi connectivity index (χ1v) is 10.2. The average Bonchev–Trinajstić information content (AvgIpc) is 2.94. The van der Waals surface area contributed by atoms with E-state index in [1.54, 1.807) is 13.8 Å². The molecule has 0 saturated heterocycles. The molecule has 6 nitrogen and oxygen atoms in total. The number of nitrogens with one attached hydrogen (secondary N) is 2. The van der Waals surface area contributed by atoms with E-state index in [-0.39, 0.29) is 11.6 Å². The molecule has 1 saturated carbocycles. The van der Waals surface area contributed by atoms with Crippen LogP contribution in [0, 0.1) is 12.8 Å². The van der Waals surface area contributed by atoms with Crippen LogP contribution in [-0.4, -0.2) is 28.6 Å². The monoisotopic (exact) mass is 377 g/mol. The molecule has 0 radical (unpaired) electrons. The molecule has 1 aliphatic rings. The number of esters is 1. The molecule has 7 heteroatoms. The van der Waals surface area contributed by atoms with Gasteiger partial charge in [0.05, 0.1) is 18.0 Å². The summed E-state index contributed by atoms with van der Waals surface area (Å²) in [5, 5.41) is 4.08. The third-order valence-electron chi connectivity index (χ3n) is 5.19. The predicted molar refractivity (Wildman–Crippen MR) is 104 cm³/mol. The van der Waals surface area contributed by atoms with E-state index in [0.29, 0.717) is 39.1 Å². The zero-order chi connectivity index (χ0) is 18.8. The Balaban J connectivity index is 1.86. The van der Waals surface area contributed by atoms with E-state index < -0.39 is 5.97 Å². The summed E-state index contributed by atoms with van der Waals surface area (Å²) in [6, 6.07) is 0.418. The molecule has 2 aromatic rings. The number of fused-ring (bicyclic) bond motifs is 1. The minimum absolute atomic E-state index is 0.0426. The normalized spacial score (nSPS) is 21.7. The first-order chi connectivity index (χ1) is 12.4. The van der Waals surface area contributed by atoms with Crippen LogP contribution in [0.25, 0.3) is 10.2 Å². The lowest BCUT2D eigenvalue weighted by Crippen LogP contribution is -2.35. The second-order valence-electron chi connectivity index (χ2n) is 7.25. The third-order valence-corrected chi connectivity index (χ3v) is 6.36. The van der Waals surface area contributed by atoms with Crippen LogP contribution in [0.15, 0.2) is 4.79 Å². The second-order valence-corrected chi connectivity index (χ2v) is 8.25. The van der Waals surface area contributed by atoms with Crippen molar-refractivity contribution in [3.8, 4) is 0 Å². The van der Waals surface area contributed by atoms with Crippen LogP contribution in [0.2, 0.25) is 0 Å². The zero-order valence-corrected chi connectivity index (χ0v) is 16.7. The zero-order valence-electron chi connectivity index (χ0n) is 15.8. The number of aromatic amines is 1. The molecule has 26 heavy (non-hydrogen) atoms. The fraction of sp³-hybridized carbons (Fsp3) is 0.632. The average molecular weight is 378 g/mol. The Hall–Kier alpha value is -1.73. The molecule has 1 aliphatic carbocycles. The van der Waals surface area contributed by atoms with Crippen molar-refractivity contribution in [2.24, 2.45) is 5.92 Å². The van der Waals surface area contributed by atoms with E-state index in [4.69, 9.17) is 4.74 Å². The molecule has 2 heterocycles. The van der Waals surface area contributed by atoms with Crippen molar-refractivity contribution in [1.29, 1.82) is 0 Å². The van der Waals surface area contributed by atoms with Crippen LogP contribution >= 0.6 is 11.3 Å². The van der Waals surface area contributed by atoms with Crippen LogP contribution in [0.3, 0.4) is 0 Å². The van der Waals surface area contributed by atoms with Crippen molar-refractivity contribution in [2.75, 3.05) is 6.61 Å². The lowest BCUT2D eigenvalue weighted by Gasteiger charge is -2.29. The van der Waals surface area contributed by atoms with Gasteiger partial charge in [-0.05, 0) is 57.9 Å². The topological polar surface area (TPSA) is 84.1 Å². The van der Waals surface area contributed by atoms with E-state index in [0.717, 1.165) is 18.8 Å². The molecule has 3 rings (SSSR count). The van der Waals surface area contributed by atoms with E-state index >= 15 is 0 Å². The molecule has 0 amide bonds.